The van der Waals surface area contributed by atoms with Gasteiger partial charge in [0, 0.05) is 5.69 Å². The second-order valence-electron chi connectivity index (χ2n) is 4.44. The van der Waals surface area contributed by atoms with Crippen molar-refractivity contribution in [3.63, 3.8) is 0 Å². The maximum atomic E-state index is 12.2. The molecule has 0 saturated heterocycles. The molecule has 0 aliphatic rings. The first kappa shape index (κ1) is 13.4. The summed E-state index contributed by atoms with van der Waals surface area (Å²) >= 11 is 0. The van der Waals surface area contributed by atoms with Crippen LogP contribution in [0.25, 0.3) is 0 Å². The number of nitrogen functional groups attached to an aromatic ring is 1. The van der Waals surface area contributed by atoms with Crippen molar-refractivity contribution in [2.45, 2.75) is 18.7 Å². The third kappa shape index (κ3) is 2.88. The van der Waals surface area contributed by atoms with Crippen molar-refractivity contribution < 1.29 is 8.42 Å². The Morgan fingerprint density at radius 1 is 1.00 bits per heavy atom. The van der Waals surface area contributed by atoms with E-state index >= 15 is 0 Å². The van der Waals surface area contributed by atoms with E-state index in [1.54, 1.807) is 42.5 Å². The standard InChI is InChI=1S/C14H16N2O2S/c1-10-9-14(11(2)8-13(10)15)16-19(17,18)12-6-4-3-5-7-12/h3-9,16H,15H2,1-2H3. The van der Waals surface area contributed by atoms with Gasteiger partial charge in [0.1, 0.15) is 0 Å². The predicted octanol–water partition coefficient (Wildman–Crippen LogP) is 2.69. The zero-order valence-corrected chi connectivity index (χ0v) is 11.7. The van der Waals surface area contributed by atoms with Gasteiger partial charge in [-0.2, -0.15) is 0 Å². The number of aryl methyl sites for hydroxylation is 2. The van der Waals surface area contributed by atoms with Crippen molar-refractivity contribution in [3.8, 4) is 0 Å². The van der Waals surface area contributed by atoms with Crippen LogP contribution >= 0.6 is 0 Å². The zero-order chi connectivity index (χ0) is 14.0. The van der Waals surface area contributed by atoms with Crippen LogP contribution in [0.15, 0.2) is 47.4 Å². The minimum absolute atomic E-state index is 0.240. The topological polar surface area (TPSA) is 72.2 Å². The first-order valence-corrected chi connectivity index (χ1v) is 7.33. The molecular formula is C14H16N2O2S. The van der Waals surface area contributed by atoms with Gasteiger partial charge in [0.15, 0.2) is 0 Å². The van der Waals surface area contributed by atoms with Crippen LogP contribution in [0.1, 0.15) is 11.1 Å². The first-order chi connectivity index (χ1) is 8.90. The van der Waals surface area contributed by atoms with Gasteiger partial charge in [-0.05, 0) is 49.2 Å². The van der Waals surface area contributed by atoms with E-state index in [0.29, 0.717) is 11.4 Å². The molecule has 0 aliphatic carbocycles. The molecule has 2 rings (SSSR count). The molecule has 3 N–H and O–H groups in total. The van der Waals surface area contributed by atoms with Gasteiger partial charge in [0.05, 0.1) is 10.6 Å². The van der Waals surface area contributed by atoms with Crippen LogP contribution in [-0.2, 0) is 10.0 Å². The van der Waals surface area contributed by atoms with Crippen LogP contribution in [0.2, 0.25) is 0 Å². The van der Waals surface area contributed by atoms with Crippen molar-refractivity contribution in [2.24, 2.45) is 0 Å². The number of anilines is 2. The third-order valence-corrected chi connectivity index (χ3v) is 4.29. The Balaban J connectivity index is 2.39. The first-order valence-electron chi connectivity index (χ1n) is 5.85. The molecule has 0 aliphatic heterocycles. The van der Waals surface area contributed by atoms with Crippen LogP contribution in [0.5, 0.6) is 0 Å². The van der Waals surface area contributed by atoms with Gasteiger partial charge in [-0.15, -0.1) is 0 Å². The molecule has 2 aromatic carbocycles. The molecule has 0 saturated carbocycles. The van der Waals surface area contributed by atoms with Crippen molar-refractivity contribution in [1.29, 1.82) is 0 Å². The van der Waals surface area contributed by atoms with Crippen molar-refractivity contribution >= 4 is 21.4 Å². The zero-order valence-electron chi connectivity index (χ0n) is 10.8. The number of hydrogen-bond donors (Lipinski definition) is 2. The van der Waals surface area contributed by atoms with Gasteiger partial charge in [0.2, 0.25) is 0 Å². The molecule has 0 spiro atoms. The Bertz CT molecular complexity index is 695. The molecule has 0 fully saturated rings. The molecule has 2 aromatic rings. The Hall–Kier alpha value is -2.01. The highest BCUT2D eigenvalue weighted by molar-refractivity contribution is 7.92. The molecular weight excluding hydrogens is 260 g/mol. The van der Waals surface area contributed by atoms with E-state index in [0.717, 1.165) is 11.1 Å². The largest absolute Gasteiger partial charge is 0.399 e. The Morgan fingerprint density at radius 3 is 2.26 bits per heavy atom. The molecule has 0 aromatic heterocycles. The third-order valence-electron chi connectivity index (χ3n) is 2.91. The minimum atomic E-state index is -3.56. The second-order valence-corrected chi connectivity index (χ2v) is 6.12. The quantitative estimate of drug-likeness (QED) is 0.847. The van der Waals surface area contributed by atoms with E-state index in [2.05, 4.69) is 4.72 Å². The van der Waals surface area contributed by atoms with Crippen molar-refractivity contribution in [1.82, 2.24) is 0 Å². The van der Waals surface area contributed by atoms with Crippen LogP contribution in [0.4, 0.5) is 11.4 Å². The van der Waals surface area contributed by atoms with Crippen LogP contribution < -0.4 is 10.5 Å². The fraction of sp³-hybridized carbons (Fsp3) is 0.143. The summed E-state index contributed by atoms with van der Waals surface area (Å²) in [5.74, 6) is 0. The van der Waals surface area contributed by atoms with E-state index in [-0.39, 0.29) is 4.90 Å². The summed E-state index contributed by atoms with van der Waals surface area (Å²) in [5, 5.41) is 0. The lowest BCUT2D eigenvalue weighted by molar-refractivity contribution is 0.601. The SMILES string of the molecule is Cc1cc(NS(=O)(=O)c2ccccc2)c(C)cc1N. The maximum absolute atomic E-state index is 12.2. The van der Waals surface area contributed by atoms with E-state index in [9.17, 15) is 8.42 Å². The van der Waals surface area contributed by atoms with Gasteiger partial charge in [-0.3, -0.25) is 4.72 Å². The summed E-state index contributed by atoms with van der Waals surface area (Å²) in [6.45, 7) is 3.66. The minimum Gasteiger partial charge on any atom is -0.399 e. The molecule has 4 nitrogen and oxygen atoms in total. The van der Waals surface area contributed by atoms with Crippen LogP contribution in [0.3, 0.4) is 0 Å². The summed E-state index contributed by atoms with van der Waals surface area (Å²) in [6, 6.07) is 11.8. The molecule has 0 unspecified atom stereocenters. The number of sulfonamides is 1. The Labute approximate surface area is 113 Å². The fourth-order valence-electron chi connectivity index (χ4n) is 1.75. The second kappa shape index (κ2) is 4.93. The lowest BCUT2D eigenvalue weighted by Crippen LogP contribution is -2.14. The summed E-state index contributed by atoms with van der Waals surface area (Å²) in [6.07, 6.45) is 0. The lowest BCUT2D eigenvalue weighted by atomic mass is 10.1. The fourth-order valence-corrected chi connectivity index (χ4v) is 2.89. The molecule has 19 heavy (non-hydrogen) atoms. The average Bonchev–Trinajstić information content (AvgIpc) is 2.37. The molecule has 5 heteroatoms. The highest BCUT2D eigenvalue weighted by Gasteiger charge is 2.15. The van der Waals surface area contributed by atoms with E-state index in [1.807, 2.05) is 13.8 Å². The van der Waals surface area contributed by atoms with Gasteiger partial charge < -0.3 is 5.73 Å². The number of nitrogens with two attached hydrogens (primary N) is 1. The lowest BCUT2D eigenvalue weighted by Gasteiger charge is -2.12. The maximum Gasteiger partial charge on any atom is 0.261 e. The molecule has 100 valence electrons. The van der Waals surface area contributed by atoms with E-state index < -0.39 is 10.0 Å². The normalized spacial score (nSPS) is 11.3. The summed E-state index contributed by atoms with van der Waals surface area (Å²) in [5.41, 5.74) is 8.63. The predicted molar refractivity (Wildman–Crippen MR) is 77.6 cm³/mol. The Morgan fingerprint density at radius 2 is 1.63 bits per heavy atom. The highest BCUT2D eigenvalue weighted by atomic mass is 32.2. The van der Waals surface area contributed by atoms with Crippen molar-refractivity contribution in [2.75, 3.05) is 10.5 Å². The highest BCUT2D eigenvalue weighted by Crippen LogP contribution is 2.24. The molecule has 0 atom stereocenters. The van der Waals surface area contributed by atoms with Gasteiger partial charge >= 0.3 is 0 Å². The van der Waals surface area contributed by atoms with Gasteiger partial charge in [-0.1, -0.05) is 18.2 Å². The van der Waals surface area contributed by atoms with Crippen LogP contribution in [-0.4, -0.2) is 8.42 Å². The average molecular weight is 276 g/mol. The molecule has 0 bridgehead atoms. The number of hydrogen-bond acceptors (Lipinski definition) is 3. The molecule has 0 amide bonds. The monoisotopic (exact) mass is 276 g/mol. The van der Waals surface area contributed by atoms with Gasteiger partial charge in [-0.25, -0.2) is 8.42 Å². The van der Waals surface area contributed by atoms with E-state index in [1.165, 1.54) is 0 Å². The number of benzene rings is 2. The Kier molecular flexibility index (Phi) is 3.48. The van der Waals surface area contributed by atoms with Gasteiger partial charge in [0.25, 0.3) is 10.0 Å². The summed E-state index contributed by atoms with van der Waals surface area (Å²) in [4.78, 5) is 0.240. The van der Waals surface area contributed by atoms with Crippen molar-refractivity contribution in [3.05, 3.63) is 53.6 Å². The van der Waals surface area contributed by atoms with Crippen LogP contribution in [0, 0.1) is 13.8 Å². The summed E-state index contributed by atoms with van der Waals surface area (Å²) in [7, 11) is -3.56. The van der Waals surface area contributed by atoms with E-state index in [4.69, 9.17) is 5.73 Å². The summed E-state index contributed by atoms with van der Waals surface area (Å²) < 4.78 is 27.0. The number of rotatable bonds is 3. The molecule has 0 heterocycles. The molecule has 0 radical (unpaired) electrons. The number of nitrogens with one attached hydrogen (secondary N) is 1. The smallest absolute Gasteiger partial charge is 0.261 e.